The van der Waals surface area contributed by atoms with Crippen molar-refractivity contribution in [3.8, 4) is 5.75 Å². The lowest BCUT2D eigenvalue weighted by Gasteiger charge is -2.16. The Balaban J connectivity index is 2.25. The molecular formula is C18H22O3S. The SMILES string of the molecule is CCCOc1ccc(C(Cc2sccc2C)C(=O)O)c(C)c1. The molecule has 0 amide bonds. The second kappa shape index (κ2) is 7.45. The maximum atomic E-state index is 11.7. The maximum Gasteiger partial charge on any atom is 0.311 e. The molecule has 0 fully saturated rings. The summed E-state index contributed by atoms with van der Waals surface area (Å²) in [6.07, 6.45) is 1.49. The van der Waals surface area contributed by atoms with Gasteiger partial charge in [0.1, 0.15) is 5.75 Å². The zero-order valence-corrected chi connectivity index (χ0v) is 14.1. The van der Waals surface area contributed by atoms with Crippen molar-refractivity contribution >= 4 is 17.3 Å². The van der Waals surface area contributed by atoms with Gasteiger partial charge in [0, 0.05) is 4.88 Å². The van der Waals surface area contributed by atoms with Gasteiger partial charge in [-0.3, -0.25) is 4.79 Å². The minimum atomic E-state index is -0.780. The van der Waals surface area contributed by atoms with E-state index in [9.17, 15) is 9.90 Å². The van der Waals surface area contributed by atoms with Gasteiger partial charge in [-0.1, -0.05) is 13.0 Å². The monoisotopic (exact) mass is 318 g/mol. The summed E-state index contributed by atoms with van der Waals surface area (Å²) in [5.74, 6) is -0.491. The average molecular weight is 318 g/mol. The van der Waals surface area contributed by atoms with E-state index in [1.165, 1.54) is 0 Å². The summed E-state index contributed by atoms with van der Waals surface area (Å²) in [4.78, 5) is 12.9. The van der Waals surface area contributed by atoms with Crippen molar-refractivity contribution in [1.82, 2.24) is 0 Å². The Labute approximate surface area is 135 Å². The number of carboxylic acids is 1. The highest BCUT2D eigenvalue weighted by atomic mass is 32.1. The number of benzene rings is 1. The van der Waals surface area contributed by atoms with E-state index < -0.39 is 11.9 Å². The van der Waals surface area contributed by atoms with Gasteiger partial charge >= 0.3 is 5.97 Å². The van der Waals surface area contributed by atoms with Gasteiger partial charge in [0.2, 0.25) is 0 Å². The van der Waals surface area contributed by atoms with E-state index in [1.807, 2.05) is 43.5 Å². The van der Waals surface area contributed by atoms with Crippen molar-refractivity contribution in [2.45, 2.75) is 39.5 Å². The number of ether oxygens (including phenoxy) is 1. The fourth-order valence-electron chi connectivity index (χ4n) is 2.48. The Kier molecular flexibility index (Phi) is 5.61. The Morgan fingerprint density at radius 3 is 2.59 bits per heavy atom. The van der Waals surface area contributed by atoms with E-state index in [0.29, 0.717) is 13.0 Å². The molecule has 0 spiro atoms. The van der Waals surface area contributed by atoms with Crippen molar-refractivity contribution in [1.29, 1.82) is 0 Å². The molecule has 3 nitrogen and oxygen atoms in total. The third kappa shape index (κ3) is 3.89. The molecule has 0 aliphatic rings. The van der Waals surface area contributed by atoms with Crippen molar-refractivity contribution in [3.05, 3.63) is 51.2 Å². The summed E-state index contributed by atoms with van der Waals surface area (Å²) < 4.78 is 5.61. The number of aryl methyl sites for hydroxylation is 2. The molecule has 118 valence electrons. The van der Waals surface area contributed by atoms with Gasteiger partial charge in [-0.25, -0.2) is 0 Å². The van der Waals surface area contributed by atoms with Crippen molar-refractivity contribution in [3.63, 3.8) is 0 Å². The molecule has 1 atom stereocenters. The Morgan fingerprint density at radius 2 is 2.05 bits per heavy atom. The molecule has 1 N–H and O–H groups in total. The van der Waals surface area contributed by atoms with Gasteiger partial charge in [0.25, 0.3) is 0 Å². The first-order chi connectivity index (χ1) is 10.5. The zero-order valence-electron chi connectivity index (χ0n) is 13.3. The van der Waals surface area contributed by atoms with Crippen LogP contribution in [0.3, 0.4) is 0 Å². The highest BCUT2D eigenvalue weighted by Gasteiger charge is 2.23. The van der Waals surface area contributed by atoms with E-state index in [4.69, 9.17) is 4.74 Å². The Morgan fingerprint density at radius 1 is 1.27 bits per heavy atom. The van der Waals surface area contributed by atoms with Crippen LogP contribution in [-0.4, -0.2) is 17.7 Å². The van der Waals surface area contributed by atoms with E-state index in [0.717, 1.165) is 33.7 Å². The molecule has 0 saturated carbocycles. The van der Waals surface area contributed by atoms with Gasteiger partial charge in [0.05, 0.1) is 12.5 Å². The van der Waals surface area contributed by atoms with Gasteiger partial charge in [-0.15, -0.1) is 11.3 Å². The lowest BCUT2D eigenvalue weighted by atomic mass is 9.91. The molecule has 0 bridgehead atoms. The normalized spacial score (nSPS) is 12.1. The number of hydrogen-bond donors (Lipinski definition) is 1. The number of aliphatic carboxylic acids is 1. The third-order valence-electron chi connectivity index (χ3n) is 3.75. The molecule has 4 heteroatoms. The van der Waals surface area contributed by atoms with Gasteiger partial charge in [-0.05, 0) is 67.0 Å². The van der Waals surface area contributed by atoms with Crippen LogP contribution >= 0.6 is 11.3 Å². The molecule has 0 aliphatic heterocycles. The summed E-state index contributed by atoms with van der Waals surface area (Å²) in [6.45, 7) is 6.71. The molecule has 1 unspecified atom stereocenters. The van der Waals surface area contributed by atoms with Crippen molar-refractivity contribution < 1.29 is 14.6 Å². The number of thiophene rings is 1. The van der Waals surface area contributed by atoms with Crippen LogP contribution in [0.15, 0.2) is 29.6 Å². The topological polar surface area (TPSA) is 46.5 Å². The van der Waals surface area contributed by atoms with E-state index in [2.05, 4.69) is 6.92 Å². The number of carboxylic acid groups (broad SMARTS) is 1. The minimum Gasteiger partial charge on any atom is -0.494 e. The largest absolute Gasteiger partial charge is 0.494 e. The van der Waals surface area contributed by atoms with Crippen molar-refractivity contribution in [2.75, 3.05) is 6.61 Å². The summed E-state index contributed by atoms with van der Waals surface area (Å²) in [5.41, 5.74) is 3.00. The number of hydrogen-bond acceptors (Lipinski definition) is 3. The molecule has 0 aliphatic carbocycles. The van der Waals surface area contributed by atoms with Gasteiger partial charge in [0.15, 0.2) is 0 Å². The summed E-state index contributed by atoms with van der Waals surface area (Å²) >= 11 is 1.62. The first-order valence-corrected chi connectivity index (χ1v) is 8.40. The smallest absolute Gasteiger partial charge is 0.311 e. The summed E-state index contributed by atoms with van der Waals surface area (Å²) in [5, 5.41) is 11.6. The highest BCUT2D eigenvalue weighted by molar-refractivity contribution is 7.10. The summed E-state index contributed by atoms with van der Waals surface area (Å²) in [6, 6.07) is 7.73. The summed E-state index contributed by atoms with van der Waals surface area (Å²) in [7, 11) is 0. The quantitative estimate of drug-likeness (QED) is 0.813. The van der Waals surface area contributed by atoms with E-state index >= 15 is 0 Å². The fraction of sp³-hybridized carbons (Fsp3) is 0.389. The molecular weight excluding hydrogens is 296 g/mol. The van der Waals surface area contributed by atoms with Crippen LogP contribution in [0.5, 0.6) is 5.75 Å². The fourth-order valence-corrected chi connectivity index (χ4v) is 3.43. The molecule has 2 aromatic rings. The predicted molar refractivity (Wildman–Crippen MR) is 90.1 cm³/mol. The average Bonchev–Trinajstić information content (AvgIpc) is 2.88. The van der Waals surface area contributed by atoms with Crippen LogP contribution in [0.2, 0.25) is 0 Å². The molecule has 1 heterocycles. The first kappa shape index (κ1) is 16.6. The van der Waals surface area contributed by atoms with Crippen LogP contribution in [-0.2, 0) is 11.2 Å². The molecule has 1 aromatic heterocycles. The molecule has 0 saturated heterocycles. The van der Waals surface area contributed by atoms with Gasteiger partial charge in [-0.2, -0.15) is 0 Å². The molecule has 0 radical (unpaired) electrons. The molecule has 1 aromatic carbocycles. The molecule has 2 rings (SSSR count). The van der Waals surface area contributed by atoms with Crippen LogP contribution in [0, 0.1) is 13.8 Å². The van der Waals surface area contributed by atoms with Crippen LogP contribution in [0.25, 0.3) is 0 Å². The van der Waals surface area contributed by atoms with Gasteiger partial charge < -0.3 is 9.84 Å². The number of carbonyl (C=O) groups is 1. The maximum absolute atomic E-state index is 11.7. The highest BCUT2D eigenvalue weighted by Crippen LogP contribution is 2.30. The van der Waals surface area contributed by atoms with E-state index in [-0.39, 0.29) is 0 Å². The van der Waals surface area contributed by atoms with Crippen LogP contribution in [0.1, 0.15) is 40.8 Å². The third-order valence-corrected chi connectivity index (χ3v) is 4.79. The Hall–Kier alpha value is -1.81. The standard InChI is InChI=1S/C18H22O3S/c1-4-8-21-14-5-6-15(13(3)10-14)16(18(19)20)11-17-12(2)7-9-22-17/h5-7,9-10,16H,4,8,11H2,1-3H3,(H,19,20). The Bertz CT molecular complexity index is 646. The van der Waals surface area contributed by atoms with Crippen LogP contribution < -0.4 is 4.74 Å². The lowest BCUT2D eigenvalue weighted by molar-refractivity contribution is -0.138. The lowest BCUT2D eigenvalue weighted by Crippen LogP contribution is -2.15. The van der Waals surface area contributed by atoms with E-state index in [1.54, 1.807) is 11.3 Å². The van der Waals surface area contributed by atoms with Crippen LogP contribution in [0.4, 0.5) is 0 Å². The predicted octanol–water partition coefficient (Wildman–Crippen LogP) is 4.56. The molecule has 22 heavy (non-hydrogen) atoms. The zero-order chi connectivity index (χ0) is 16.1. The second-order valence-electron chi connectivity index (χ2n) is 5.49. The minimum absolute atomic E-state index is 0.516. The number of rotatable bonds is 7. The second-order valence-corrected chi connectivity index (χ2v) is 6.49. The van der Waals surface area contributed by atoms with Crippen molar-refractivity contribution in [2.24, 2.45) is 0 Å². The first-order valence-electron chi connectivity index (χ1n) is 7.52.